The summed E-state index contributed by atoms with van der Waals surface area (Å²) in [6, 6.07) is 10.7. The number of hydrogen-bond acceptors (Lipinski definition) is 7. The van der Waals surface area contributed by atoms with E-state index in [2.05, 4.69) is 10.6 Å². The number of aromatic nitrogens is 1. The fourth-order valence-corrected chi connectivity index (χ4v) is 3.62. The Labute approximate surface area is 176 Å². The van der Waals surface area contributed by atoms with Crippen LogP contribution in [0.25, 0.3) is 11.8 Å². The first kappa shape index (κ1) is 22.4. The number of hydrogen-bond donors (Lipinski definition) is 2. The van der Waals surface area contributed by atoms with Crippen LogP contribution in [0.3, 0.4) is 0 Å². The van der Waals surface area contributed by atoms with Gasteiger partial charge >= 0.3 is 0 Å². The molecule has 2 aromatic rings. The summed E-state index contributed by atoms with van der Waals surface area (Å²) in [4.78, 5) is 37.9. The van der Waals surface area contributed by atoms with E-state index in [0.29, 0.717) is 15.9 Å². The van der Waals surface area contributed by atoms with Gasteiger partial charge in [0, 0.05) is 38.1 Å². The van der Waals surface area contributed by atoms with Crippen molar-refractivity contribution in [2.45, 2.75) is 20.4 Å². The number of anilines is 2. The lowest BCUT2D eigenvalue weighted by molar-refractivity contribution is -0.116. The maximum absolute atomic E-state index is 12.7. The van der Waals surface area contributed by atoms with Gasteiger partial charge in [-0.05, 0) is 25.1 Å². The molecular weight excluding hydrogens is 404 g/mol. The second-order valence-electron chi connectivity index (χ2n) is 6.07. The molecule has 0 unspecified atom stereocenters. The second kappa shape index (κ2) is 10.0. The monoisotopic (exact) mass is 424 g/mol. The fraction of sp³-hybridized carbons (Fsp3) is 0.250. The van der Waals surface area contributed by atoms with E-state index in [9.17, 15) is 19.6 Å². The first-order valence-corrected chi connectivity index (χ1v) is 9.76. The standard InChI is InChI=1S/C20H20N6O3S/c1-4-26-19(29)17(30-20(26)16(11-22)18(28)23-9-8-21)12-24-14-6-5-7-15(10-14)25(3)13(2)27/h5-7,10,12,24H,4,9H2,1-3H3,(H,23,28). The van der Waals surface area contributed by atoms with Gasteiger partial charge in [0.1, 0.15) is 21.8 Å². The molecule has 0 spiro atoms. The van der Waals surface area contributed by atoms with Gasteiger partial charge in [0.25, 0.3) is 11.5 Å². The zero-order chi connectivity index (χ0) is 22.3. The molecule has 0 aliphatic heterocycles. The van der Waals surface area contributed by atoms with Gasteiger partial charge in [0.05, 0.1) is 6.07 Å². The Kier molecular flexibility index (Phi) is 7.50. The molecule has 0 fully saturated rings. The number of nitrogens with one attached hydrogen (secondary N) is 2. The molecule has 0 radical (unpaired) electrons. The molecule has 10 heteroatoms. The number of benzene rings is 1. The molecule has 2 N–H and O–H groups in total. The topological polar surface area (TPSA) is 131 Å². The minimum absolute atomic E-state index is 0.112. The van der Waals surface area contributed by atoms with E-state index in [0.717, 1.165) is 11.3 Å². The summed E-state index contributed by atoms with van der Waals surface area (Å²) in [6.07, 6.45) is 1.50. The SMILES string of the molecule is CCn1c(=C(C#N)C(=O)NCC#N)sc(=CNc2cccc(N(C)C(C)=O)c2)c1=O. The van der Waals surface area contributed by atoms with Crippen LogP contribution in [-0.2, 0) is 16.1 Å². The molecule has 0 bridgehead atoms. The maximum atomic E-state index is 12.7. The van der Waals surface area contributed by atoms with Crippen LogP contribution in [0.4, 0.5) is 11.4 Å². The largest absolute Gasteiger partial charge is 0.360 e. The van der Waals surface area contributed by atoms with E-state index in [1.54, 1.807) is 44.3 Å². The molecule has 2 rings (SSSR count). The van der Waals surface area contributed by atoms with Crippen molar-refractivity contribution in [1.29, 1.82) is 10.5 Å². The predicted molar refractivity (Wildman–Crippen MR) is 115 cm³/mol. The average Bonchev–Trinajstić information content (AvgIpc) is 3.05. The molecule has 0 atom stereocenters. The van der Waals surface area contributed by atoms with Crippen LogP contribution in [0.1, 0.15) is 13.8 Å². The summed E-state index contributed by atoms with van der Waals surface area (Å²) in [5.41, 5.74) is 0.782. The minimum atomic E-state index is -0.706. The summed E-state index contributed by atoms with van der Waals surface area (Å²) in [5.74, 6) is -0.818. The van der Waals surface area contributed by atoms with Crippen LogP contribution in [-0.4, -0.2) is 30.0 Å². The first-order valence-electron chi connectivity index (χ1n) is 8.94. The highest BCUT2D eigenvalue weighted by Crippen LogP contribution is 2.18. The van der Waals surface area contributed by atoms with Crippen molar-refractivity contribution in [3.8, 4) is 12.1 Å². The van der Waals surface area contributed by atoms with E-state index in [-0.39, 0.29) is 34.8 Å². The van der Waals surface area contributed by atoms with Crippen molar-refractivity contribution in [1.82, 2.24) is 9.88 Å². The van der Waals surface area contributed by atoms with Crippen LogP contribution in [0.15, 0.2) is 29.1 Å². The molecule has 30 heavy (non-hydrogen) atoms. The Bertz CT molecular complexity index is 1230. The summed E-state index contributed by atoms with van der Waals surface area (Å²) in [6.45, 7) is 3.23. The molecule has 1 heterocycles. The number of nitriles is 2. The van der Waals surface area contributed by atoms with Crippen LogP contribution in [0.5, 0.6) is 0 Å². The highest BCUT2D eigenvalue weighted by Gasteiger charge is 2.15. The third-order valence-electron chi connectivity index (χ3n) is 4.18. The number of thiazole rings is 1. The van der Waals surface area contributed by atoms with E-state index in [1.807, 2.05) is 6.07 Å². The van der Waals surface area contributed by atoms with Crippen molar-refractivity contribution in [2.75, 3.05) is 23.8 Å². The van der Waals surface area contributed by atoms with E-state index >= 15 is 0 Å². The Hall–Kier alpha value is -3.89. The number of carbonyl (C=O) groups is 2. The van der Waals surface area contributed by atoms with Crippen molar-refractivity contribution < 1.29 is 9.59 Å². The summed E-state index contributed by atoms with van der Waals surface area (Å²) in [5, 5.41) is 23.4. The quantitative estimate of drug-likeness (QED) is 0.631. The van der Waals surface area contributed by atoms with Crippen molar-refractivity contribution >= 4 is 46.3 Å². The number of nitrogens with zero attached hydrogens (tertiary/aromatic N) is 4. The van der Waals surface area contributed by atoms with Crippen molar-refractivity contribution in [3.63, 3.8) is 0 Å². The molecule has 2 amide bonds. The Morgan fingerprint density at radius 1 is 1.33 bits per heavy atom. The van der Waals surface area contributed by atoms with Gasteiger partial charge in [-0.3, -0.25) is 19.0 Å². The third kappa shape index (κ3) is 4.93. The fourth-order valence-electron chi connectivity index (χ4n) is 2.53. The highest BCUT2D eigenvalue weighted by atomic mass is 32.1. The Balaban J connectivity index is 2.50. The molecule has 0 saturated carbocycles. The summed E-state index contributed by atoms with van der Waals surface area (Å²) in [7, 11) is 1.66. The van der Waals surface area contributed by atoms with Gasteiger partial charge in [0.2, 0.25) is 5.91 Å². The molecule has 154 valence electrons. The van der Waals surface area contributed by atoms with E-state index in [4.69, 9.17) is 5.26 Å². The molecule has 0 saturated heterocycles. The van der Waals surface area contributed by atoms with Crippen LogP contribution in [0, 0.1) is 22.7 Å². The lowest BCUT2D eigenvalue weighted by Crippen LogP contribution is -2.34. The molecular formula is C20H20N6O3S. The zero-order valence-corrected chi connectivity index (χ0v) is 17.5. The Morgan fingerprint density at radius 2 is 2.07 bits per heavy atom. The smallest absolute Gasteiger partial charge is 0.270 e. The Morgan fingerprint density at radius 3 is 2.67 bits per heavy atom. The van der Waals surface area contributed by atoms with Gasteiger partial charge in [-0.2, -0.15) is 10.5 Å². The van der Waals surface area contributed by atoms with Gasteiger partial charge in [-0.1, -0.05) is 6.07 Å². The molecule has 1 aromatic heterocycles. The van der Waals surface area contributed by atoms with Crippen LogP contribution in [0.2, 0.25) is 0 Å². The van der Waals surface area contributed by atoms with Gasteiger partial charge in [0.15, 0.2) is 5.57 Å². The number of amides is 2. The van der Waals surface area contributed by atoms with Crippen molar-refractivity contribution in [2.24, 2.45) is 0 Å². The zero-order valence-electron chi connectivity index (χ0n) is 16.7. The first-order chi connectivity index (χ1) is 14.3. The van der Waals surface area contributed by atoms with Gasteiger partial charge < -0.3 is 15.5 Å². The number of carbonyl (C=O) groups excluding carboxylic acids is 2. The van der Waals surface area contributed by atoms with Gasteiger partial charge in [-0.25, -0.2) is 0 Å². The minimum Gasteiger partial charge on any atom is -0.360 e. The summed E-state index contributed by atoms with van der Waals surface area (Å²) < 4.78 is 1.86. The van der Waals surface area contributed by atoms with Crippen molar-refractivity contribution in [3.05, 3.63) is 43.8 Å². The average molecular weight is 424 g/mol. The normalized spacial score (nSPS) is 11.8. The van der Waals surface area contributed by atoms with Crippen LogP contribution < -0.4 is 30.3 Å². The van der Waals surface area contributed by atoms with E-state index in [1.165, 1.54) is 22.6 Å². The summed E-state index contributed by atoms with van der Waals surface area (Å²) >= 11 is 1.00. The molecule has 0 aliphatic rings. The second-order valence-corrected chi connectivity index (χ2v) is 7.10. The lowest BCUT2D eigenvalue weighted by Gasteiger charge is -2.15. The molecule has 1 aromatic carbocycles. The lowest BCUT2D eigenvalue weighted by atomic mass is 10.2. The third-order valence-corrected chi connectivity index (χ3v) is 5.31. The van der Waals surface area contributed by atoms with Gasteiger partial charge in [-0.15, -0.1) is 11.3 Å². The maximum Gasteiger partial charge on any atom is 0.270 e. The number of rotatable bonds is 6. The van der Waals surface area contributed by atoms with Crippen LogP contribution >= 0.6 is 11.3 Å². The molecule has 9 nitrogen and oxygen atoms in total. The predicted octanol–water partition coefficient (Wildman–Crippen LogP) is 0.0766. The van der Waals surface area contributed by atoms with E-state index < -0.39 is 5.91 Å². The highest BCUT2D eigenvalue weighted by molar-refractivity contribution is 7.07. The molecule has 0 aliphatic carbocycles.